The fraction of sp³-hybridized carbons (Fsp3) is 0.290. The van der Waals surface area contributed by atoms with Crippen LogP contribution in [-0.2, 0) is 77.1 Å². The van der Waals surface area contributed by atoms with E-state index in [1.165, 1.54) is 42.7 Å². The van der Waals surface area contributed by atoms with Crippen LogP contribution in [-0.4, -0.2) is 147 Å². The molecule has 4 N–H and O–H groups in total. The summed E-state index contributed by atoms with van der Waals surface area (Å²) >= 11 is 6.29. The molecule has 0 aliphatic rings. The summed E-state index contributed by atoms with van der Waals surface area (Å²) in [6.45, 7) is 11.7. The molecule has 12 aromatic rings. The first kappa shape index (κ1) is 96.4. The molecule has 5 aromatic heterocycles. The van der Waals surface area contributed by atoms with Gasteiger partial charge in [0.1, 0.15) is 74.4 Å². The molecule has 0 aliphatic heterocycles. The van der Waals surface area contributed by atoms with E-state index in [9.17, 15) is 73.1 Å². The van der Waals surface area contributed by atoms with Gasteiger partial charge in [-0.2, -0.15) is 52.7 Å². The summed E-state index contributed by atoms with van der Waals surface area (Å²) < 4.78 is 174. The number of rotatable bonds is 36. The van der Waals surface area contributed by atoms with Crippen molar-refractivity contribution in [2.75, 3.05) is 52.6 Å². The lowest BCUT2D eigenvalue weighted by atomic mass is 10.1. The van der Waals surface area contributed by atoms with Gasteiger partial charge >= 0.3 is 24.7 Å². The zero-order valence-corrected chi connectivity index (χ0v) is 68.7. The Morgan fingerprint density at radius 3 is 1.02 bits per heavy atom. The molecular formula is C93H95ClF12N10O8. The van der Waals surface area contributed by atoms with Crippen molar-refractivity contribution in [2.24, 2.45) is 0 Å². The number of ether oxygens (including phenoxy) is 4. The standard InChI is InChI=1S/C24H25F3N2O2.C23H22ClF3N2O2.2C23H24F3N3O2/c1-18-20(8-5-13-28-18)15-29(14-19-6-3-2-4-7-19)16-22(30)17-31-23-11-9-21(10-12-23)24(25,26)27;24-22-6-2-1-5-18(22)14-29(13-17-4-3-11-28-12-17)15-20(30)16-31-21-9-7-19(8-10-21)23(25,26)27;1-17-5-2-3-7-19(17)14-29(13-18-6-4-10-27-11-18)15-21(30)16-31-22-9-8-20(12-28-22)23(24,25)26;1-17-4-2-3-5-19(17)13-29(12-18-10-27-16-28-11-18)14-21(30)15-31-22-8-6-20(7-9-22)23(24,25)26/h2-13,22,30H,14-17H2,1H3;1-12,20,30H,13-16H2;2-12,21,30H,13-16H2,1H3;2-11,16,21,30H,12-15H2,1H3. The predicted octanol–water partition coefficient (Wildman–Crippen LogP) is 18.5. The fourth-order valence-electron chi connectivity index (χ4n) is 12.6. The maximum Gasteiger partial charge on any atom is 0.417 e. The summed E-state index contributed by atoms with van der Waals surface area (Å²) in [6.07, 6.45) is -6.71. The van der Waals surface area contributed by atoms with Crippen molar-refractivity contribution in [1.29, 1.82) is 0 Å². The third kappa shape index (κ3) is 34.3. The number of halogens is 13. The van der Waals surface area contributed by atoms with E-state index in [4.69, 9.17) is 30.5 Å². The normalized spacial score (nSPS) is 12.7. The van der Waals surface area contributed by atoms with Gasteiger partial charge in [-0.05, 0) is 174 Å². The molecule has 0 saturated carbocycles. The first-order chi connectivity index (χ1) is 59.2. The maximum absolute atomic E-state index is 12.7. The molecule has 12 rings (SSSR count). The first-order valence-corrected chi connectivity index (χ1v) is 39.6. The first-order valence-electron chi connectivity index (χ1n) is 39.2. The minimum atomic E-state index is -4.45. The molecule has 5 heterocycles. The lowest BCUT2D eigenvalue weighted by Gasteiger charge is -2.26. The van der Waals surface area contributed by atoms with Gasteiger partial charge in [0.05, 0.1) is 22.3 Å². The molecule has 0 bridgehead atoms. The topological polar surface area (TPSA) is 208 Å². The van der Waals surface area contributed by atoms with E-state index in [0.29, 0.717) is 83.2 Å². The number of aliphatic hydroxyl groups is 4. The number of aryl methyl sites for hydroxylation is 3. The van der Waals surface area contributed by atoms with Crippen LogP contribution in [0.25, 0.3) is 0 Å². The van der Waals surface area contributed by atoms with Gasteiger partial charge in [0, 0.05) is 150 Å². The molecule has 18 nitrogen and oxygen atoms in total. The Balaban J connectivity index is 0.000000187. The molecule has 7 aromatic carbocycles. The molecule has 0 fully saturated rings. The maximum atomic E-state index is 12.7. The molecule has 4 atom stereocenters. The van der Waals surface area contributed by atoms with Crippen LogP contribution in [0.15, 0.2) is 280 Å². The molecule has 0 radical (unpaired) electrons. The highest BCUT2D eigenvalue weighted by molar-refractivity contribution is 6.31. The van der Waals surface area contributed by atoms with E-state index in [1.54, 1.807) is 43.4 Å². The molecular weight excluding hydrogens is 1650 g/mol. The van der Waals surface area contributed by atoms with Gasteiger partial charge in [-0.1, -0.05) is 127 Å². The summed E-state index contributed by atoms with van der Waals surface area (Å²) in [4.78, 5) is 32.6. The Hall–Kier alpha value is -11.5. The van der Waals surface area contributed by atoms with Gasteiger partial charge in [-0.3, -0.25) is 34.6 Å². The molecule has 4 unspecified atom stereocenters. The zero-order chi connectivity index (χ0) is 89.1. The summed E-state index contributed by atoms with van der Waals surface area (Å²) in [5.41, 5.74) is 8.42. The second-order valence-corrected chi connectivity index (χ2v) is 29.5. The number of aromatic nitrogens is 6. The second kappa shape index (κ2) is 48.0. The SMILES string of the molecule is Cc1ccccc1CN(Cc1cccnc1)CC(O)COc1ccc(C(F)(F)F)cn1.Cc1ccccc1CN(Cc1cncnc1)CC(O)COc1ccc(C(F)(F)F)cc1.Cc1ncccc1CN(Cc1ccccc1)CC(O)COc1ccc(C(F)(F)F)cc1.OC(COc1ccc(C(F)(F)F)cc1)CN(Cc1cccnc1)Cc1ccccc1Cl. The van der Waals surface area contributed by atoms with Crippen LogP contribution in [0.5, 0.6) is 23.1 Å². The van der Waals surface area contributed by atoms with Crippen molar-refractivity contribution >= 4 is 11.6 Å². The van der Waals surface area contributed by atoms with E-state index in [-0.39, 0.29) is 56.1 Å². The van der Waals surface area contributed by atoms with Crippen molar-refractivity contribution in [3.05, 3.63) is 369 Å². The Labute approximate surface area is 716 Å². The summed E-state index contributed by atoms with van der Waals surface area (Å²) in [7, 11) is 0. The van der Waals surface area contributed by atoms with Gasteiger partial charge in [0.15, 0.2) is 0 Å². The van der Waals surface area contributed by atoms with Crippen LogP contribution in [0.1, 0.15) is 83.6 Å². The van der Waals surface area contributed by atoms with Crippen molar-refractivity contribution in [3.8, 4) is 23.1 Å². The number of hydrogen-bond acceptors (Lipinski definition) is 18. The van der Waals surface area contributed by atoms with E-state index in [2.05, 4.69) is 44.6 Å². The zero-order valence-electron chi connectivity index (χ0n) is 68.0. The smallest absolute Gasteiger partial charge is 0.417 e. The highest BCUT2D eigenvalue weighted by Crippen LogP contribution is 2.34. The largest absolute Gasteiger partial charge is 0.491 e. The van der Waals surface area contributed by atoms with Crippen molar-refractivity contribution in [1.82, 2.24) is 49.5 Å². The Morgan fingerprint density at radius 1 is 0.306 bits per heavy atom. The molecule has 124 heavy (non-hydrogen) atoms. The fourth-order valence-corrected chi connectivity index (χ4v) is 12.8. The Bertz CT molecular complexity index is 4440. The summed E-state index contributed by atoms with van der Waals surface area (Å²) in [5.74, 6) is 0.848. The van der Waals surface area contributed by atoms with Crippen LogP contribution < -0.4 is 18.9 Å². The van der Waals surface area contributed by atoms with E-state index in [0.717, 1.165) is 110 Å². The van der Waals surface area contributed by atoms with Gasteiger partial charge in [-0.15, -0.1) is 0 Å². The summed E-state index contributed by atoms with van der Waals surface area (Å²) in [6, 6.07) is 60.3. The van der Waals surface area contributed by atoms with Crippen LogP contribution in [0.2, 0.25) is 5.02 Å². The highest BCUT2D eigenvalue weighted by Gasteiger charge is 2.34. The van der Waals surface area contributed by atoms with Crippen molar-refractivity contribution < 1.29 is 92.1 Å². The van der Waals surface area contributed by atoms with Crippen LogP contribution in [0.4, 0.5) is 52.7 Å². The molecule has 0 spiro atoms. The number of alkyl halides is 12. The van der Waals surface area contributed by atoms with E-state index < -0.39 is 71.4 Å². The van der Waals surface area contributed by atoms with Crippen molar-refractivity contribution in [2.45, 2.75) is 122 Å². The lowest BCUT2D eigenvalue weighted by Crippen LogP contribution is -2.35. The quantitative estimate of drug-likeness (QED) is 0.0269. The van der Waals surface area contributed by atoms with E-state index in [1.807, 2.05) is 165 Å². The Morgan fingerprint density at radius 2 is 0.637 bits per heavy atom. The predicted molar refractivity (Wildman–Crippen MR) is 446 cm³/mol. The summed E-state index contributed by atoms with van der Waals surface area (Å²) in [5, 5.41) is 42.7. The number of pyridine rings is 4. The van der Waals surface area contributed by atoms with Gasteiger partial charge in [0.2, 0.25) is 5.88 Å². The minimum absolute atomic E-state index is 0.0251. The number of nitrogens with zero attached hydrogens (tertiary/aromatic N) is 10. The van der Waals surface area contributed by atoms with E-state index >= 15 is 0 Å². The number of hydrogen-bond donors (Lipinski definition) is 4. The third-order valence-corrected chi connectivity index (χ3v) is 19.3. The van der Waals surface area contributed by atoms with Gasteiger partial charge < -0.3 is 39.4 Å². The number of benzene rings is 7. The van der Waals surface area contributed by atoms with Gasteiger partial charge in [-0.25, -0.2) is 15.0 Å². The highest BCUT2D eigenvalue weighted by atomic mass is 35.5. The number of aliphatic hydroxyl groups excluding tert-OH is 4. The molecule has 0 saturated heterocycles. The van der Waals surface area contributed by atoms with Crippen LogP contribution >= 0.6 is 11.6 Å². The molecule has 0 amide bonds. The lowest BCUT2D eigenvalue weighted by molar-refractivity contribution is -0.138. The van der Waals surface area contributed by atoms with Crippen molar-refractivity contribution in [3.63, 3.8) is 0 Å². The second-order valence-electron chi connectivity index (χ2n) is 29.1. The minimum Gasteiger partial charge on any atom is -0.491 e. The van der Waals surface area contributed by atoms with Gasteiger partial charge in [0.25, 0.3) is 0 Å². The van der Waals surface area contributed by atoms with Crippen LogP contribution in [0, 0.1) is 20.8 Å². The monoisotopic (exact) mass is 1740 g/mol. The average Bonchev–Trinajstić information content (AvgIpc) is 0.867. The third-order valence-electron chi connectivity index (χ3n) is 18.9. The Kier molecular flexibility index (Phi) is 37.3. The molecule has 31 heteroatoms. The molecule has 656 valence electrons. The van der Waals surface area contributed by atoms with Crippen LogP contribution in [0.3, 0.4) is 0 Å². The average molecular weight is 1740 g/mol. The molecule has 0 aliphatic carbocycles.